The number of oxime groups is 1. The minimum absolute atomic E-state index is 0. The molecule has 1 aromatic rings. The summed E-state index contributed by atoms with van der Waals surface area (Å²) < 4.78 is 31.8. The first-order valence-corrected chi connectivity index (χ1v) is 10.3. The van der Waals surface area contributed by atoms with Crippen molar-refractivity contribution < 1.29 is 67.9 Å². The molecule has 0 spiro atoms. The summed E-state index contributed by atoms with van der Waals surface area (Å²) in [6, 6.07) is 0. The molecule has 0 radical (unpaired) electrons. The Hall–Kier alpha value is -0.930. The topological polar surface area (TPSA) is 168 Å². The van der Waals surface area contributed by atoms with Crippen LogP contribution in [0.3, 0.4) is 0 Å². The van der Waals surface area contributed by atoms with Crippen LogP contribution >= 0.6 is 19.3 Å². The maximum Gasteiger partial charge on any atom is 1.00 e. The molecule has 2 heterocycles. The van der Waals surface area contributed by atoms with Crippen LogP contribution in [0.25, 0.3) is 0 Å². The number of nitrogens with zero attached hydrogens (tertiary/aromatic N) is 4. The first-order valence-electron chi connectivity index (χ1n) is 7.99. The van der Waals surface area contributed by atoms with Crippen LogP contribution in [0.1, 0.15) is 12.7 Å². The predicted molar refractivity (Wildman–Crippen MR) is 95.1 cm³/mol. The molecule has 0 amide bonds. The van der Waals surface area contributed by atoms with E-state index in [0.29, 0.717) is 24.7 Å². The smallest absolute Gasteiger partial charge is 0.543 e. The van der Waals surface area contributed by atoms with Crippen molar-refractivity contribution in [1.29, 1.82) is 0 Å². The number of carbonyl (C=O) groups is 1. The third-order valence-electron chi connectivity index (χ3n) is 3.03. The van der Waals surface area contributed by atoms with Crippen molar-refractivity contribution in [2.24, 2.45) is 5.16 Å². The quantitative estimate of drug-likeness (QED) is 0.0832. The molecule has 1 aromatic heterocycles. The number of hydrogen-bond donors (Lipinski definition) is 2. The fraction of sp³-hybridized carbons (Fsp3) is 0.538. The van der Waals surface area contributed by atoms with Gasteiger partial charge in [-0.15, -0.1) is 5.06 Å². The zero-order chi connectivity index (χ0) is 20.6. The molecule has 2 rings (SSSR count). The van der Waals surface area contributed by atoms with Gasteiger partial charge in [0.2, 0.25) is 5.13 Å². The van der Waals surface area contributed by atoms with Crippen LogP contribution in [0.5, 0.6) is 0 Å². The molecule has 0 aliphatic carbocycles. The number of carboxylic acid groups (broad SMARTS) is 1. The molecule has 0 saturated carbocycles. The van der Waals surface area contributed by atoms with Gasteiger partial charge in [-0.1, -0.05) is 17.8 Å². The Kier molecular flexibility index (Phi) is 11.4. The minimum Gasteiger partial charge on any atom is -0.543 e. The summed E-state index contributed by atoms with van der Waals surface area (Å²) in [7, 11) is -4.41. The van der Waals surface area contributed by atoms with Crippen molar-refractivity contribution in [2.75, 3.05) is 38.1 Å². The summed E-state index contributed by atoms with van der Waals surface area (Å²) in [4.78, 5) is 29.7. The van der Waals surface area contributed by atoms with E-state index in [2.05, 4.69) is 26.2 Å². The van der Waals surface area contributed by atoms with E-state index in [1.807, 2.05) is 0 Å². The minimum atomic E-state index is -4.41. The standard InChI is InChI=1S/C13H20N5O8PS.Na/c1-3-6-25-15-10(12(19)20)11-14-13(28-17-11)16-27(21,22)26-18-5-7-23-8-9(18)24-4-2;/h3,9H,1,4-8H2,2H3,(H,19,20)(H2,14,16,17,21,22);/q;+1/p-1. The van der Waals surface area contributed by atoms with Crippen molar-refractivity contribution in [3.05, 3.63) is 18.5 Å². The van der Waals surface area contributed by atoms with E-state index >= 15 is 0 Å². The molecule has 29 heavy (non-hydrogen) atoms. The van der Waals surface area contributed by atoms with Gasteiger partial charge in [0.15, 0.2) is 17.8 Å². The van der Waals surface area contributed by atoms with Crippen molar-refractivity contribution in [3.8, 4) is 0 Å². The number of hydrogen-bond acceptors (Lipinski definition) is 12. The van der Waals surface area contributed by atoms with Gasteiger partial charge in [0.25, 0.3) is 0 Å². The van der Waals surface area contributed by atoms with E-state index in [1.165, 1.54) is 11.1 Å². The number of carboxylic acids is 1. The molecule has 2 N–H and O–H groups in total. The second-order valence-corrected chi connectivity index (χ2v) is 7.25. The fourth-order valence-corrected chi connectivity index (χ4v) is 3.70. The Balaban J connectivity index is 0.00000420. The van der Waals surface area contributed by atoms with E-state index in [4.69, 9.17) is 18.9 Å². The Bertz CT molecular complexity index is 763. The molecule has 1 fully saturated rings. The van der Waals surface area contributed by atoms with E-state index in [0.717, 1.165) is 0 Å². The molecule has 16 heteroatoms. The maximum absolute atomic E-state index is 12.4. The molecule has 13 nitrogen and oxygen atoms in total. The van der Waals surface area contributed by atoms with Crippen molar-refractivity contribution in [3.63, 3.8) is 0 Å². The summed E-state index contributed by atoms with van der Waals surface area (Å²) in [6.07, 6.45) is 0.711. The molecule has 1 aliphatic rings. The third kappa shape index (κ3) is 8.38. The van der Waals surface area contributed by atoms with Gasteiger partial charge >= 0.3 is 37.3 Å². The summed E-state index contributed by atoms with van der Waals surface area (Å²) >= 11 is 0.628. The SMILES string of the molecule is C=CCON=C(C(=O)[O-])c1nsc(NP(=O)(O)ON2CCOCC2OCC)n1.[Na+]. The number of anilines is 1. The molecular weight excluding hydrogens is 440 g/mol. The van der Waals surface area contributed by atoms with Gasteiger partial charge < -0.3 is 29.1 Å². The average Bonchev–Trinajstić information content (AvgIpc) is 3.07. The molecule has 156 valence electrons. The number of morpholine rings is 1. The van der Waals surface area contributed by atoms with Gasteiger partial charge in [-0.3, -0.25) is 5.09 Å². The van der Waals surface area contributed by atoms with Crippen LogP contribution in [0, 0.1) is 0 Å². The third-order valence-corrected chi connectivity index (χ3v) is 4.74. The monoisotopic (exact) mass is 459 g/mol. The molecule has 1 saturated heterocycles. The first-order chi connectivity index (χ1) is 13.4. The van der Waals surface area contributed by atoms with Crippen LogP contribution in [-0.4, -0.2) is 70.2 Å². The van der Waals surface area contributed by atoms with E-state index in [-0.39, 0.29) is 60.3 Å². The molecule has 0 aromatic carbocycles. The van der Waals surface area contributed by atoms with Crippen LogP contribution in [0.15, 0.2) is 17.8 Å². The fourth-order valence-electron chi connectivity index (χ4n) is 1.96. The number of nitrogens with one attached hydrogen (secondary N) is 1. The van der Waals surface area contributed by atoms with Gasteiger partial charge in [0, 0.05) is 18.1 Å². The Morgan fingerprint density at radius 3 is 3.07 bits per heavy atom. The largest absolute Gasteiger partial charge is 1.00 e. The van der Waals surface area contributed by atoms with Crippen LogP contribution < -0.4 is 39.8 Å². The molecule has 1 aliphatic heterocycles. The van der Waals surface area contributed by atoms with Crippen LogP contribution in [0.2, 0.25) is 0 Å². The van der Waals surface area contributed by atoms with Gasteiger partial charge in [0.05, 0.1) is 25.7 Å². The van der Waals surface area contributed by atoms with Crippen molar-refractivity contribution in [2.45, 2.75) is 13.2 Å². The van der Waals surface area contributed by atoms with Gasteiger partial charge in [-0.25, -0.2) is 4.57 Å². The van der Waals surface area contributed by atoms with Gasteiger partial charge in [0.1, 0.15) is 6.61 Å². The van der Waals surface area contributed by atoms with Crippen LogP contribution in [-0.2, 0) is 28.3 Å². The summed E-state index contributed by atoms with van der Waals surface area (Å²) in [6.45, 7) is 6.16. The van der Waals surface area contributed by atoms with Crippen molar-refractivity contribution >= 4 is 36.1 Å². The number of carbonyl (C=O) groups excluding carboxylic acids is 1. The van der Waals surface area contributed by atoms with Crippen molar-refractivity contribution in [1.82, 2.24) is 14.4 Å². The second-order valence-electron chi connectivity index (χ2n) is 5.07. The number of hydroxylamine groups is 2. The maximum atomic E-state index is 12.4. The van der Waals surface area contributed by atoms with E-state index in [9.17, 15) is 19.4 Å². The summed E-state index contributed by atoms with van der Waals surface area (Å²) in [5.74, 6) is -2.03. The number of rotatable bonds is 11. The number of aromatic nitrogens is 2. The molecule has 2 atom stereocenters. The normalized spacial score (nSPS) is 19.7. The molecular formula is C13H19N5NaO8PS. The Morgan fingerprint density at radius 1 is 1.66 bits per heavy atom. The molecule has 0 bridgehead atoms. The van der Waals surface area contributed by atoms with E-state index < -0.39 is 25.7 Å². The average molecular weight is 459 g/mol. The number of ether oxygens (including phenoxy) is 2. The Morgan fingerprint density at radius 2 is 2.41 bits per heavy atom. The van der Waals surface area contributed by atoms with Gasteiger partial charge in [-0.05, 0) is 6.92 Å². The molecule has 2 unspecified atom stereocenters. The zero-order valence-corrected chi connectivity index (χ0v) is 19.6. The van der Waals surface area contributed by atoms with E-state index in [1.54, 1.807) is 6.92 Å². The predicted octanol–water partition coefficient (Wildman–Crippen LogP) is -3.66. The zero-order valence-electron chi connectivity index (χ0n) is 15.8. The first kappa shape index (κ1) is 26.1. The second kappa shape index (κ2) is 12.7. The summed E-state index contributed by atoms with van der Waals surface area (Å²) in [5, 5.41) is 17.7. The van der Waals surface area contributed by atoms with Gasteiger partial charge in [-0.2, -0.15) is 14.0 Å². The Labute approximate surface area is 192 Å². The summed E-state index contributed by atoms with van der Waals surface area (Å²) in [5.41, 5.74) is -0.676. The van der Waals surface area contributed by atoms with Crippen LogP contribution in [0.4, 0.5) is 5.13 Å². The number of aliphatic carboxylic acids is 1.